The first kappa shape index (κ1) is 21.9. The molecule has 0 bridgehead atoms. The molecule has 2 N–H and O–H groups in total. The Balaban J connectivity index is 2.05. The highest BCUT2D eigenvalue weighted by Gasteiger charge is 2.27. The minimum absolute atomic E-state index is 0.190. The fraction of sp³-hybridized carbons (Fsp3) is 0.381. The van der Waals surface area contributed by atoms with E-state index in [0.717, 1.165) is 24.8 Å². The first-order valence-corrected chi connectivity index (χ1v) is 10.8. The van der Waals surface area contributed by atoms with Crippen LogP contribution in [-0.4, -0.2) is 21.0 Å². The molecule has 2 aromatic carbocycles. The Kier molecular flexibility index (Phi) is 7.18. The van der Waals surface area contributed by atoms with Gasteiger partial charge in [0.15, 0.2) is 0 Å². The highest BCUT2D eigenvalue weighted by molar-refractivity contribution is 7.92. The van der Waals surface area contributed by atoms with Gasteiger partial charge in [-0.3, -0.25) is 9.52 Å². The number of nitrogens with one attached hydrogen (secondary N) is 2. The first-order valence-electron chi connectivity index (χ1n) is 9.27. The third kappa shape index (κ3) is 5.79. The Morgan fingerprint density at radius 2 is 1.57 bits per heavy atom. The zero-order valence-corrected chi connectivity index (χ0v) is 17.3. The van der Waals surface area contributed by atoms with Crippen LogP contribution >= 0.6 is 0 Å². The summed E-state index contributed by atoms with van der Waals surface area (Å²) in [5, 5.41) is 2.62. The lowest BCUT2D eigenvalue weighted by molar-refractivity contribution is -0.124. The number of amides is 1. The maximum absolute atomic E-state index is 12.9. The second-order valence-electron chi connectivity index (χ2n) is 7.40. The van der Waals surface area contributed by atoms with Crippen molar-refractivity contribution in [1.29, 1.82) is 0 Å². The van der Waals surface area contributed by atoms with Crippen molar-refractivity contribution in [3.05, 3.63) is 54.1 Å². The number of halogens is 1. The number of hydrogen-bond acceptors (Lipinski definition) is 3. The van der Waals surface area contributed by atoms with Crippen LogP contribution in [0.3, 0.4) is 0 Å². The van der Waals surface area contributed by atoms with Crippen LogP contribution in [0.1, 0.15) is 39.2 Å². The fourth-order valence-electron chi connectivity index (χ4n) is 2.41. The summed E-state index contributed by atoms with van der Waals surface area (Å²) in [4.78, 5) is 12.2. The van der Waals surface area contributed by atoms with Crippen molar-refractivity contribution in [2.45, 2.75) is 44.9 Å². The van der Waals surface area contributed by atoms with E-state index >= 15 is 0 Å². The summed E-state index contributed by atoms with van der Waals surface area (Å²) >= 11 is 0. The van der Waals surface area contributed by atoms with Crippen LogP contribution < -0.4 is 10.0 Å². The Hall–Kier alpha value is -2.41. The number of alkyl halides is 1. The smallest absolute Gasteiger partial charge is 0.261 e. The SMILES string of the molecule is CCCCc1ccc(S(=O)(=O)Nc2ccc(NC(=O)C(C)(C)CF)cc2)cc1. The maximum Gasteiger partial charge on any atom is 0.261 e. The average Bonchev–Trinajstić information content (AvgIpc) is 2.68. The van der Waals surface area contributed by atoms with Gasteiger partial charge in [-0.05, 0) is 68.7 Å². The van der Waals surface area contributed by atoms with Gasteiger partial charge in [0, 0.05) is 11.4 Å². The molecule has 1 amide bonds. The third-order valence-corrected chi connectivity index (χ3v) is 5.79. The van der Waals surface area contributed by atoms with Crippen molar-refractivity contribution in [2.75, 3.05) is 16.7 Å². The van der Waals surface area contributed by atoms with Crippen LogP contribution in [-0.2, 0) is 21.2 Å². The van der Waals surface area contributed by atoms with Crippen molar-refractivity contribution in [1.82, 2.24) is 0 Å². The predicted octanol–water partition coefficient (Wildman–Crippen LogP) is 4.76. The average molecular weight is 407 g/mol. The quantitative estimate of drug-likeness (QED) is 0.630. The van der Waals surface area contributed by atoms with Crippen LogP contribution in [0.5, 0.6) is 0 Å². The summed E-state index contributed by atoms with van der Waals surface area (Å²) < 4.78 is 40.5. The number of aryl methyl sites for hydroxylation is 1. The Morgan fingerprint density at radius 1 is 1.00 bits per heavy atom. The molecule has 2 rings (SSSR count). The summed E-state index contributed by atoms with van der Waals surface area (Å²) in [6, 6.07) is 13.1. The number of hydrogen-bond donors (Lipinski definition) is 2. The summed E-state index contributed by atoms with van der Waals surface area (Å²) in [5.41, 5.74) is 0.827. The lowest BCUT2D eigenvalue weighted by Gasteiger charge is -2.19. The fourth-order valence-corrected chi connectivity index (χ4v) is 3.47. The maximum atomic E-state index is 12.9. The van der Waals surface area contributed by atoms with Gasteiger partial charge in [0.05, 0.1) is 10.3 Å². The van der Waals surface area contributed by atoms with Gasteiger partial charge in [0.2, 0.25) is 5.91 Å². The molecule has 0 aromatic heterocycles. The monoisotopic (exact) mass is 406 g/mol. The molecule has 0 aliphatic rings. The molecule has 0 fully saturated rings. The van der Waals surface area contributed by atoms with Crippen molar-refractivity contribution in [3.63, 3.8) is 0 Å². The van der Waals surface area contributed by atoms with E-state index < -0.39 is 28.0 Å². The number of benzene rings is 2. The molecule has 0 radical (unpaired) electrons. The molecule has 0 heterocycles. The van der Waals surface area contributed by atoms with Gasteiger partial charge in [-0.25, -0.2) is 12.8 Å². The Bertz CT molecular complexity index is 892. The highest BCUT2D eigenvalue weighted by atomic mass is 32.2. The van der Waals surface area contributed by atoms with Gasteiger partial charge in [-0.15, -0.1) is 0 Å². The topological polar surface area (TPSA) is 75.3 Å². The van der Waals surface area contributed by atoms with Gasteiger partial charge < -0.3 is 5.32 Å². The van der Waals surface area contributed by atoms with E-state index in [1.807, 2.05) is 12.1 Å². The first-order chi connectivity index (χ1) is 13.2. The minimum Gasteiger partial charge on any atom is -0.326 e. The molecule has 2 aromatic rings. The van der Waals surface area contributed by atoms with E-state index in [1.165, 1.54) is 13.8 Å². The van der Waals surface area contributed by atoms with Gasteiger partial charge in [0.25, 0.3) is 10.0 Å². The van der Waals surface area contributed by atoms with E-state index in [-0.39, 0.29) is 4.90 Å². The molecule has 7 heteroatoms. The zero-order chi connectivity index (χ0) is 20.8. The summed E-state index contributed by atoms with van der Waals surface area (Å²) in [6.45, 7) is 4.37. The highest BCUT2D eigenvalue weighted by Crippen LogP contribution is 2.22. The van der Waals surface area contributed by atoms with E-state index in [1.54, 1.807) is 36.4 Å². The summed E-state index contributed by atoms with van der Waals surface area (Å²) in [5.74, 6) is -0.438. The molecule has 0 aliphatic carbocycles. The van der Waals surface area contributed by atoms with Crippen LogP contribution in [0, 0.1) is 5.41 Å². The van der Waals surface area contributed by atoms with Crippen LogP contribution in [0.2, 0.25) is 0 Å². The van der Waals surface area contributed by atoms with Gasteiger partial charge in [-0.1, -0.05) is 25.5 Å². The van der Waals surface area contributed by atoms with Crippen molar-refractivity contribution in [2.24, 2.45) is 5.41 Å². The van der Waals surface area contributed by atoms with Crippen molar-refractivity contribution >= 4 is 27.3 Å². The molecule has 0 aliphatic heterocycles. The third-order valence-electron chi connectivity index (χ3n) is 4.40. The molecule has 152 valence electrons. The number of rotatable bonds is 9. The number of carbonyl (C=O) groups excluding carboxylic acids is 1. The summed E-state index contributed by atoms with van der Waals surface area (Å²) in [7, 11) is -3.70. The molecule has 0 spiro atoms. The molecule has 0 saturated carbocycles. The Labute approximate surface area is 166 Å². The predicted molar refractivity (Wildman–Crippen MR) is 111 cm³/mol. The van der Waals surface area contributed by atoms with E-state index in [2.05, 4.69) is 17.0 Å². The van der Waals surface area contributed by atoms with Crippen LogP contribution in [0.25, 0.3) is 0 Å². The van der Waals surface area contributed by atoms with Gasteiger partial charge in [0.1, 0.15) is 6.67 Å². The van der Waals surface area contributed by atoms with Crippen molar-refractivity contribution in [3.8, 4) is 0 Å². The summed E-state index contributed by atoms with van der Waals surface area (Å²) in [6.07, 6.45) is 3.08. The van der Waals surface area contributed by atoms with Crippen LogP contribution in [0.4, 0.5) is 15.8 Å². The van der Waals surface area contributed by atoms with Gasteiger partial charge in [-0.2, -0.15) is 0 Å². The van der Waals surface area contributed by atoms with E-state index in [9.17, 15) is 17.6 Å². The lowest BCUT2D eigenvalue weighted by Crippen LogP contribution is -2.32. The number of sulfonamides is 1. The van der Waals surface area contributed by atoms with Crippen molar-refractivity contribution < 1.29 is 17.6 Å². The molecule has 0 saturated heterocycles. The molecular formula is C21H27FN2O3S. The molecule has 28 heavy (non-hydrogen) atoms. The minimum atomic E-state index is -3.70. The van der Waals surface area contributed by atoms with E-state index in [0.29, 0.717) is 11.4 Å². The Morgan fingerprint density at radius 3 is 2.11 bits per heavy atom. The normalized spacial score (nSPS) is 11.9. The molecule has 0 atom stereocenters. The number of carbonyl (C=O) groups is 1. The zero-order valence-electron chi connectivity index (χ0n) is 16.5. The van der Waals surface area contributed by atoms with E-state index in [4.69, 9.17) is 0 Å². The lowest BCUT2D eigenvalue weighted by atomic mass is 9.94. The number of anilines is 2. The standard InChI is InChI=1S/C21H27FN2O3S/c1-4-5-6-16-7-13-19(14-8-16)28(26,27)24-18-11-9-17(10-12-18)23-20(25)21(2,3)15-22/h7-14,24H,4-6,15H2,1-3H3,(H,23,25). The molecule has 5 nitrogen and oxygen atoms in total. The molecular weight excluding hydrogens is 379 g/mol. The molecule has 0 unspecified atom stereocenters. The van der Waals surface area contributed by atoms with Crippen LogP contribution in [0.15, 0.2) is 53.4 Å². The second kappa shape index (κ2) is 9.19. The number of unbranched alkanes of at least 4 members (excludes halogenated alkanes) is 1. The van der Waals surface area contributed by atoms with Gasteiger partial charge >= 0.3 is 0 Å². The second-order valence-corrected chi connectivity index (χ2v) is 9.08. The largest absolute Gasteiger partial charge is 0.326 e.